The summed E-state index contributed by atoms with van der Waals surface area (Å²) in [5, 5.41) is 15.5. The van der Waals surface area contributed by atoms with Crippen molar-refractivity contribution in [2.75, 3.05) is 13.1 Å². The Morgan fingerprint density at radius 3 is 3.00 bits per heavy atom. The van der Waals surface area contributed by atoms with Crippen LogP contribution in [0.15, 0.2) is 29.4 Å². The molecule has 1 aromatic carbocycles. The molecular formula is C13H16N4O2. The smallest absolute Gasteiger partial charge is 0.325 e. The number of carboxylic acid groups (broad SMARTS) is 1. The van der Waals surface area contributed by atoms with Crippen LogP contribution < -0.4 is 5.32 Å². The van der Waals surface area contributed by atoms with Crippen LogP contribution in [0.25, 0.3) is 10.4 Å². The van der Waals surface area contributed by atoms with Crippen LogP contribution >= 0.6 is 0 Å². The molecule has 0 heterocycles. The van der Waals surface area contributed by atoms with Crippen LogP contribution in [0.4, 0.5) is 0 Å². The fourth-order valence-corrected chi connectivity index (χ4v) is 2.06. The third-order valence-electron chi connectivity index (χ3n) is 3.16. The Morgan fingerprint density at radius 1 is 1.58 bits per heavy atom. The molecule has 1 saturated carbocycles. The number of carboxylic acids is 1. The van der Waals surface area contributed by atoms with Gasteiger partial charge in [-0.1, -0.05) is 29.4 Å². The second-order valence-electron chi connectivity index (χ2n) is 4.62. The number of benzene rings is 1. The van der Waals surface area contributed by atoms with Crippen LogP contribution in [-0.2, 0) is 4.79 Å². The first kappa shape index (κ1) is 13.4. The van der Waals surface area contributed by atoms with Gasteiger partial charge in [0.2, 0.25) is 0 Å². The number of hydrogen-bond acceptors (Lipinski definition) is 3. The SMILES string of the molecule is [N-]=[N+]=NCCNC(C(=O)O)c1cccc(C2CC2)c1. The number of rotatable bonds is 7. The summed E-state index contributed by atoms with van der Waals surface area (Å²) in [4.78, 5) is 13.9. The molecule has 19 heavy (non-hydrogen) atoms. The topological polar surface area (TPSA) is 98.1 Å². The maximum absolute atomic E-state index is 11.3. The van der Waals surface area contributed by atoms with Crippen molar-refractivity contribution in [3.63, 3.8) is 0 Å². The standard InChI is InChI=1S/C13H16N4O2/c14-17-16-7-6-15-12(13(18)19)11-3-1-2-10(8-11)9-4-5-9/h1-3,8-9,12,15H,4-7H2,(H,18,19). The average molecular weight is 260 g/mol. The molecular weight excluding hydrogens is 244 g/mol. The Bertz CT molecular complexity index is 507. The van der Waals surface area contributed by atoms with Crippen LogP contribution in [0.5, 0.6) is 0 Å². The molecule has 6 heteroatoms. The Kier molecular flexibility index (Phi) is 4.39. The Morgan fingerprint density at radius 2 is 2.37 bits per heavy atom. The summed E-state index contributed by atoms with van der Waals surface area (Å²) in [7, 11) is 0. The molecule has 0 amide bonds. The summed E-state index contributed by atoms with van der Waals surface area (Å²) in [6, 6.07) is 6.95. The van der Waals surface area contributed by atoms with Crippen LogP contribution in [-0.4, -0.2) is 24.2 Å². The van der Waals surface area contributed by atoms with Gasteiger partial charge in [0.05, 0.1) is 0 Å². The van der Waals surface area contributed by atoms with Gasteiger partial charge >= 0.3 is 5.97 Å². The molecule has 0 aromatic heterocycles. The van der Waals surface area contributed by atoms with Crippen molar-refractivity contribution in [1.29, 1.82) is 0 Å². The van der Waals surface area contributed by atoms with E-state index < -0.39 is 12.0 Å². The van der Waals surface area contributed by atoms with Crippen LogP contribution in [0, 0.1) is 0 Å². The largest absolute Gasteiger partial charge is 0.480 e. The van der Waals surface area contributed by atoms with E-state index in [1.54, 1.807) is 0 Å². The number of hydrogen-bond donors (Lipinski definition) is 2. The highest BCUT2D eigenvalue weighted by Crippen LogP contribution is 2.40. The first-order valence-corrected chi connectivity index (χ1v) is 6.29. The number of azide groups is 1. The zero-order chi connectivity index (χ0) is 13.7. The molecule has 0 spiro atoms. The zero-order valence-corrected chi connectivity index (χ0v) is 10.5. The van der Waals surface area contributed by atoms with Gasteiger partial charge < -0.3 is 10.4 Å². The van der Waals surface area contributed by atoms with E-state index in [1.165, 1.54) is 18.4 Å². The van der Waals surface area contributed by atoms with Crippen molar-refractivity contribution in [3.8, 4) is 0 Å². The quantitative estimate of drug-likeness (QED) is 0.341. The fraction of sp³-hybridized carbons (Fsp3) is 0.462. The number of nitrogens with one attached hydrogen (secondary N) is 1. The maximum Gasteiger partial charge on any atom is 0.325 e. The first-order chi connectivity index (χ1) is 9.22. The molecule has 0 bridgehead atoms. The number of carbonyl (C=O) groups is 1. The highest BCUT2D eigenvalue weighted by molar-refractivity contribution is 5.75. The molecule has 0 radical (unpaired) electrons. The summed E-state index contributed by atoms with van der Waals surface area (Å²) in [6.45, 7) is 0.581. The third kappa shape index (κ3) is 3.71. The minimum Gasteiger partial charge on any atom is -0.480 e. The van der Waals surface area contributed by atoms with Crippen molar-refractivity contribution in [2.45, 2.75) is 24.8 Å². The monoisotopic (exact) mass is 260 g/mol. The molecule has 6 nitrogen and oxygen atoms in total. The second kappa shape index (κ2) is 6.22. The van der Waals surface area contributed by atoms with Crippen molar-refractivity contribution in [2.24, 2.45) is 5.11 Å². The van der Waals surface area contributed by atoms with E-state index in [0.29, 0.717) is 12.5 Å². The molecule has 100 valence electrons. The van der Waals surface area contributed by atoms with Gasteiger partial charge in [-0.15, -0.1) is 0 Å². The summed E-state index contributed by atoms with van der Waals surface area (Å²) >= 11 is 0. The van der Waals surface area contributed by atoms with Gasteiger partial charge in [0, 0.05) is 18.0 Å². The van der Waals surface area contributed by atoms with Gasteiger partial charge in [0.1, 0.15) is 6.04 Å². The fourth-order valence-electron chi connectivity index (χ4n) is 2.06. The molecule has 0 saturated heterocycles. The molecule has 0 aliphatic heterocycles. The minimum absolute atomic E-state index is 0.239. The molecule has 1 aromatic rings. The highest BCUT2D eigenvalue weighted by Gasteiger charge is 2.25. The van der Waals surface area contributed by atoms with Crippen LogP contribution in [0.1, 0.15) is 35.9 Å². The van der Waals surface area contributed by atoms with Gasteiger partial charge in [-0.25, -0.2) is 0 Å². The van der Waals surface area contributed by atoms with Crippen LogP contribution in [0.3, 0.4) is 0 Å². The Labute approximate surface area is 111 Å². The molecule has 1 aliphatic rings. The van der Waals surface area contributed by atoms with Crippen LogP contribution in [0.2, 0.25) is 0 Å². The van der Waals surface area contributed by atoms with Crippen molar-refractivity contribution in [3.05, 3.63) is 45.8 Å². The zero-order valence-electron chi connectivity index (χ0n) is 10.5. The molecule has 1 aliphatic carbocycles. The molecule has 1 atom stereocenters. The van der Waals surface area contributed by atoms with Gasteiger partial charge in [-0.2, -0.15) is 0 Å². The van der Waals surface area contributed by atoms with Crippen molar-refractivity contribution in [1.82, 2.24) is 5.32 Å². The second-order valence-corrected chi connectivity index (χ2v) is 4.62. The van der Waals surface area contributed by atoms with Gasteiger partial charge in [-0.3, -0.25) is 4.79 Å². The van der Waals surface area contributed by atoms with Gasteiger partial charge in [0.15, 0.2) is 0 Å². The van der Waals surface area contributed by atoms with E-state index in [0.717, 1.165) is 5.56 Å². The predicted molar refractivity (Wildman–Crippen MR) is 70.8 cm³/mol. The van der Waals surface area contributed by atoms with Gasteiger partial charge in [-0.05, 0) is 35.4 Å². The lowest BCUT2D eigenvalue weighted by atomic mass is 10.0. The van der Waals surface area contributed by atoms with Gasteiger partial charge in [0.25, 0.3) is 0 Å². The average Bonchev–Trinajstić information content (AvgIpc) is 3.23. The summed E-state index contributed by atoms with van der Waals surface area (Å²) in [5.41, 5.74) is 10.1. The summed E-state index contributed by atoms with van der Waals surface area (Å²) < 4.78 is 0. The normalized spacial score (nSPS) is 15.6. The molecule has 1 unspecified atom stereocenters. The third-order valence-corrected chi connectivity index (χ3v) is 3.16. The lowest BCUT2D eigenvalue weighted by Gasteiger charge is -2.15. The van der Waals surface area contributed by atoms with E-state index in [-0.39, 0.29) is 6.54 Å². The van der Waals surface area contributed by atoms with Crippen molar-refractivity contribution < 1.29 is 9.90 Å². The van der Waals surface area contributed by atoms with E-state index >= 15 is 0 Å². The first-order valence-electron chi connectivity index (χ1n) is 6.29. The summed E-state index contributed by atoms with van der Waals surface area (Å²) in [5.74, 6) is -0.327. The van der Waals surface area contributed by atoms with E-state index in [2.05, 4.69) is 15.3 Å². The number of nitrogens with zero attached hydrogens (tertiary/aromatic N) is 3. The van der Waals surface area contributed by atoms with E-state index in [4.69, 9.17) is 5.53 Å². The Balaban J connectivity index is 2.06. The van der Waals surface area contributed by atoms with E-state index in [1.807, 2.05) is 24.3 Å². The highest BCUT2D eigenvalue weighted by atomic mass is 16.4. The Hall–Kier alpha value is -2.04. The number of aliphatic carboxylic acids is 1. The van der Waals surface area contributed by atoms with E-state index in [9.17, 15) is 9.90 Å². The molecule has 2 rings (SSSR count). The van der Waals surface area contributed by atoms with Crippen molar-refractivity contribution >= 4 is 5.97 Å². The summed E-state index contributed by atoms with van der Waals surface area (Å²) in [6.07, 6.45) is 2.37. The maximum atomic E-state index is 11.3. The lowest BCUT2D eigenvalue weighted by Crippen LogP contribution is -2.30. The predicted octanol–water partition coefficient (Wildman–Crippen LogP) is 2.59. The minimum atomic E-state index is -0.922. The molecule has 2 N–H and O–H groups in total. The lowest BCUT2D eigenvalue weighted by molar-refractivity contribution is -0.139. The molecule has 1 fully saturated rings.